The molecule has 0 saturated carbocycles. The van der Waals surface area contributed by atoms with Crippen LogP contribution < -0.4 is 10.6 Å². The average molecular weight is 720 g/mol. The van der Waals surface area contributed by atoms with Gasteiger partial charge in [0.2, 0.25) is 0 Å². The smallest absolute Gasteiger partial charge is 0.184 e. The van der Waals surface area contributed by atoms with Gasteiger partial charge in [-0.1, -0.05) is 176 Å². The molecule has 2 atom stereocenters. The van der Waals surface area contributed by atoms with Crippen molar-refractivity contribution in [3.63, 3.8) is 0 Å². The predicted octanol–water partition coefficient (Wildman–Crippen LogP) is 12.0. The molecule has 0 bridgehead atoms. The van der Waals surface area contributed by atoms with Crippen LogP contribution in [-0.2, 0) is 0 Å². The van der Waals surface area contributed by atoms with Gasteiger partial charge in [-0.05, 0) is 41.0 Å². The molecule has 2 unspecified atom stereocenters. The first kappa shape index (κ1) is 32.2. The van der Waals surface area contributed by atoms with Gasteiger partial charge in [-0.2, -0.15) is 0 Å². The molecule has 1 aliphatic heterocycles. The van der Waals surface area contributed by atoms with Gasteiger partial charge in [0.1, 0.15) is 12.0 Å². The maximum absolute atomic E-state index is 5.56. The molecule has 0 amide bonds. The molecular weight excluding hydrogens is 683 g/mol. The third-order valence-corrected chi connectivity index (χ3v) is 11.2. The Morgan fingerprint density at radius 1 is 0.429 bits per heavy atom. The zero-order valence-electron chi connectivity index (χ0n) is 30.5. The van der Waals surface area contributed by atoms with E-state index in [1.807, 2.05) is 0 Å². The van der Waals surface area contributed by atoms with Crippen LogP contribution in [0, 0.1) is 0 Å². The summed E-state index contributed by atoms with van der Waals surface area (Å²) < 4.78 is 4.94. The first-order valence-electron chi connectivity index (χ1n) is 19.2. The first-order valence-corrected chi connectivity index (χ1v) is 19.2. The van der Waals surface area contributed by atoms with Crippen LogP contribution in [0.1, 0.15) is 23.6 Å². The summed E-state index contributed by atoms with van der Waals surface area (Å²) >= 11 is 0. The Morgan fingerprint density at radius 3 is 1.55 bits per heavy atom. The Labute approximate surface area is 324 Å². The highest BCUT2D eigenvalue weighted by atomic mass is 15.4. The van der Waals surface area contributed by atoms with Gasteiger partial charge in [0.05, 0.1) is 22.1 Å². The molecule has 0 saturated heterocycles. The SMILES string of the molecule is c1ccc(C2=NC(n3c4ccccc4c4c(-c5ccccc5)c5c6ccccc6n(-c6ccccc6)c5c(-c5ccccc5)c43)NC(c3ccccc3)N2)cc1. The van der Waals surface area contributed by atoms with Crippen LogP contribution >= 0.6 is 0 Å². The molecule has 266 valence electrons. The molecule has 0 radical (unpaired) electrons. The monoisotopic (exact) mass is 719 g/mol. The van der Waals surface area contributed by atoms with Crippen LogP contribution in [0.25, 0.3) is 71.6 Å². The normalized spacial score (nSPS) is 15.7. The highest BCUT2D eigenvalue weighted by Crippen LogP contribution is 2.52. The molecule has 8 aromatic carbocycles. The van der Waals surface area contributed by atoms with E-state index in [-0.39, 0.29) is 6.17 Å². The fourth-order valence-electron chi connectivity index (χ4n) is 8.84. The summed E-state index contributed by atoms with van der Waals surface area (Å²) in [6.45, 7) is 0. The van der Waals surface area contributed by atoms with Crippen molar-refractivity contribution in [2.24, 2.45) is 4.99 Å². The lowest BCUT2D eigenvalue weighted by molar-refractivity contribution is 0.341. The predicted molar refractivity (Wildman–Crippen MR) is 232 cm³/mol. The van der Waals surface area contributed by atoms with Gasteiger partial charge in [0.25, 0.3) is 0 Å². The molecular formula is C51H37N5. The van der Waals surface area contributed by atoms with E-state index in [2.05, 4.69) is 220 Å². The number of amidine groups is 1. The minimum atomic E-state index is -0.461. The lowest BCUT2D eigenvalue weighted by atomic mass is 9.89. The summed E-state index contributed by atoms with van der Waals surface area (Å²) in [7, 11) is 0. The van der Waals surface area contributed by atoms with E-state index in [0.717, 1.165) is 39.2 Å². The molecule has 56 heavy (non-hydrogen) atoms. The lowest BCUT2D eigenvalue weighted by Crippen LogP contribution is -2.46. The van der Waals surface area contributed by atoms with Gasteiger partial charge in [-0.25, -0.2) is 4.99 Å². The molecule has 1 aliphatic rings. The number of benzene rings is 8. The van der Waals surface area contributed by atoms with Crippen LogP contribution in [-0.4, -0.2) is 15.0 Å². The highest BCUT2D eigenvalue weighted by Gasteiger charge is 2.32. The van der Waals surface area contributed by atoms with Crippen molar-refractivity contribution in [1.82, 2.24) is 19.8 Å². The Kier molecular flexibility index (Phi) is 7.64. The number of fused-ring (bicyclic) bond motifs is 6. The maximum atomic E-state index is 5.56. The van der Waals surface area contributed by atoms with Gasteiger partial charge < -0.3 is 14.5 Å². The second-order valence-corrected chi connectivity index (χ2v) is 14.4. The summed E-state index contributed by atoms with van der Waals surface area (Å²) in [5.41, 5.74) is 12.6. The van der Waals surface area contributed by atoms with E-state index in [0.29, 0.717) is 0 Å². The first-order chi connectivity index (χ1) is 27.8. The molecule has 5 nitrogen and oxygen atoms in total. The molecule has 0 spiro atoms. The second-order valence-electron chi connectivity index (χ2n) is 14.4. The minimum Gasteiger partial charge on any atom is -0.350 e. The van der Waals surface area contributed by atoms with Crippen molar-refractivity contribution in [3.05, 3.63) is 211 Å². The Morgan fingerprint density at radius 2 is 0.911 bits per heavy atom. The summed E-state index contributed by atoms with van der Waals surface area (Å²) in [6.07, 6.45) is -0.657. The molecule has 0 fully saturated rings. The molecule has 0 aliphatic carbocycles. The molecule has 2 N–H and O–H groups in total. The van der Waals surface area contributed by atoms with Gasteiger partial charge in [0, 0.05) is 43.9 Å². The fourth-order valence-corrected chi connectivity index (χ4v) is 8.84. The lowest BCUT2D eigenvalue weighted by Gasteiger charge is -2.33. The average Bonchev–Trinajstić information content (AvgIpc) is 3.80. The number of hydrogen-bond acceptors (Lipinski definition) is 3. The maximum Gasteiger partial charge on any atom is 0.184 e. The molecule has 5 heteroatoms. The number of nitrogens with one attached hydrogen (secondary N) is 2. The Balaban J connectivity index is 1.37. The van der Waals surface area contributed by atoms with Gasteiger partial charge in [-0.3, -0.25) is 5.32 Å². The van der Waals surface area contributed by atoms with E-state index in [9.17, 15) is 0 Å². The number of hydrogen-bond donors (Lipinski definition) is 2. The number of aromatic nitrogens is 2. The number of para-hydroxylation sites is 3. The number of aliphatic imine (C=N–C) groups is 1. The van der Waals surface area contributed by atoms with Crippen LogP contribution in [0.5, 0.6) is 0 Å². The standard InChI is InChI=1S/C51H37N5/c1-6-20-34(21-7-1)43-45-39-30-16-18-32-41(39)55(38-28-14-5-15-29-38)47(45)44(35-22-8-2-9-23-35)48-46(43)40-31-17-19-33-42(40)56(48)51-53-49(36-24-10-3-11-25-36)52-50(54-51)37-26-12-4-13-27-37/h1-33,49,51,53H,(H,52,54). The molecule has 10 aromatic rings. The zero-order valence-corrected chi connectivity index (χ0v) is 30.5. The molecule has 11 rings (SSSR count). The van der Waals surface area contributed by atoms with Gasteiger partial charge >= 0.3 is 0 Å². The third-order valence-electron chi connectivity index (χ3n) is 11.2. The third kappa shape index (κ3) is 5.09. The largest absolute Gasteiger partial charge is 0.350 e. The van der Waals surface area contributed by atoms with Crippen molar-refractivity contribution in [3.8, 4) is 27.9 Å². The van der Waals surface area contributed by atoms with Crippen molar-refractivity contribution in [2.45, 2.75) is 12.5 Å². The van der Waals surface area contributed by atoms with Crippen molar-refractivity contribution in [2.75, 3.05) is 0 Å². The number of rotatable bonds is 6. The van der Waals surface area contributed by atoms with Gasteiger partial charge in [0.15, 0.2) is 6.29 Å². The van der Waals surface area contributed by atoms with E-state index in [1.165, 1.54) is 49.3 Å². The van der Waals surface area contributed by atoms with Crippen LogP contribution in [0.3, 0.4) is 0 Å². The topological polar surface area (TPSA) is 46.3 Å². The van der Waals surface area contributed by atoms with E-state index in [1.54, 1.807) is 0 Å². The molecule has 2 aromatic heterocycles. The summed E-state index contributed by atoms with van der Waals surface area (Å²) in [5, 5.41) is 12.6. The van der Waals surface area contributed by atoms with Crippen LogP contribution in [0.2, 0.25) is 0 Å². The summed E-state index contributed by atoms with van der Waals surface area (Å²) in [6, 6.07) is 71.5. The van der Waals surface area contributed by atoms with Crippen molar-refractivity contribution < 1.29 is 0 Å². The fraction of sp³-hybridized carbons (Fsp3) is 0.0392. The Hall–Kier alpha value is -7.21. The van der Waals surface area contributed by atoms with Crippen LogP contribution in [0.4, 0.5) is 0 Å². The number of nitrogens with zero attached hydrogens (tertiary/aromatic N) is 3. The molecule has 3 heterocycles. The summed E-state index contributed by atoms with van der Waals surface area (Å²) in [4.78, 5) is 5.56. The van der Waals surface area contributed by atoms with Crippen LogP contribution in [0.15, 0.2) is 205 Å². The quantitative estimate of drug-likeness (QED) is 0.180. The summed E-state index contributed by atoms with van der Waals surface area (Å²) in [5.74, 6) is 0.846. The zero-order chi connectivity index (χ0) is 37.0. The van der Waals surface area contributed by atoms with Crippen molar-refractivity contribution in [1.29, 1.82) is 0 Å². The minimum absolute atomic E-state index is 0.196. The Bertz CT molecular complexity index is 3060. The van der Waals surface area contributed by atoms with Gasteiger partial charge in [-0.15, -0.1) is 0 Å². The van der Waals surface area contributed by atoms with E-state index < -0.39 is 6.29 Å². The van der Waals surface area contributed by atoms with Crippen molar-refractivity contribution >= 4 is 49.4 Å². The second kappa shape index (κ2) is 13.3. The highest BCUT2D eigenvalue weighted by molar-refractivity contribution is 6.33. The van der Waals surface area contributed by atoms with E-state index >= 15 is 0 Å². The van der Waals surface area contributed by atoms with E-state index in [4.69, 9.17) is 4.99 Å².